The molecule has 0 radical (unpaired) electrons. The van der Waals surface area contributed by atoms with Gasteiger partial charge in [0.25, 0.3) is 0 Å². The number of halogens is 5. The van der Waals surface area contributed by atoms with Gasteiger partial charge in [-0.3, -0.25) is 0 Å². The van der Waals surface area contributed by atoms with Gasteiger partial charge in [0.1, 0.15) is 28.3 Å². The van der Waals surface area contributed by atoms with Gasteiger partial charge in [-0.05, 0) is 148 Å². The molecule has 0 spiro atoms. The number of alkyl halides is 5. The number of unbranched alkanes of at least 4 members (excludes halogenated alkanes) is 11. The fourth-order valence-electron chi connectivity index (χ4n) is 11.0. The van der Waals surface area contributed by atoms with Crippen molar-refractivity contribution in [3.63, 3.8) is 0 Å². The van der Waals surface area contributed by atoms with E-state index in [-0.39, 0.29) is 22.5 Å². The predicted molar refractivity (Wildman–Crippen MR) is 245 cm³/mol. The molecule has 6 nitrogen and oxygen atoms in total. The second-order valence-electron chi connectivity index (χ2n) is 19.2. The highest BCUT2D eigenvalue weighted by molar-refractivity contribution is 7.92. The average Bonchev–Trinajstić information content (AvgIpc) is 3.83. The summed E-state index contributed by atoms with van der Waals surface area (Å²) in [5.41, 5.74) is 3.90. The molecule has 3 aliphatic carbocycles. The van der Waals surface area contributed by atoms with Gasteiger partial charge in [-0.1, -0.05) is 106 Å². The number of benzene rings is 2. The third-order valence-electron chi connectivity index (χ3n) is 14.7. The minimum atomic E-state index is -5.54. The molecule has 1 aliphatic heterocycles. The van der Waals surface area contributed by atoms with E-state index in [1.165, 1.54) is 48.8 Å². The molecule has 13 heteroatoms. The molecule has 6 rings (SSSR count). The Morgan fingerprint density at radius 2 is 1.44 bits per heavy atom. The number of fused-ring (bicyclic) bond motifs is 6. The summed E-state index contributed by atoms with van der Waals surface area (Å²) in [6, 6.07) is 11.9. The molecule has 63 heavy (non-hydrogen) atoms. The number of aromatic hydroxyl groups is 1. The van der Waals surface area contributed by atoms with E-state index < -0.39 is 47.3 Å². The van der Waals surface area contributed by atoms with Crippen LogP contribution in [0.1, 0.15) is 172 Å². The second kappa shape index (κ2) is 24.7. The van der Waals surface area contributed by atoms with E-state index in [4.69, 9.17) is 9.47 Å². The van der Waals surface area contributed by atoms with Crippen molar-refractivity contribution in [3.05, 3.63) is 53.1 Å². The maximum absolute atomic E-state index is 13.0. The molecule has 3 unspecified atom stereocenters. The van der Waals surface area contributed by atoms with Crippen molar-refractivity contribution in [2.75, 3.05) is 24.1 Å². The second-order valence-corrected chi connectivity index (χ2v) is 22.9. The standard InChI is InChI=1S/C32H47F5O3S.C18H28O3S/c1-30-17-15-26-25-12-11-24(38)21-23(25)20-22(29(26)27(30)13-14-28(30)39)10-7-5-3-2-4-6-8-18-41(40)19-9-16-31(33,34)32(35,36)37;1-3-4-5-6-7-8-11-22(19)15(2)12-16-9-10-17-18(13-16)21-14-20-17/h11-12,21-22,26-29,38-39H,2-10,13-20H2,1H3;9-10,13,15H,3-8,11-12,14H2,1-2H3/t22-,26-,27+,28+,29-,30+,41?;/m1./s1. The van der Waals surface area contributed by atoms with Crippen LogP contribution in [0.2, 0.25) is 0 Å². The van der Waals surface area contributed by atoms with Crippen LogP contribution in [-0.2, 0) is 35.2 Å². The quantitative estimate of drug-likeness (QED) is 0.0617. The van der Waals surface area contributed by atoms with Crippen LogP contribution in [-0.4, -0.2) is 66.8 Å². The van der Waals surface area contributed by atoms with E-state index >= 15 is 0 Å². The maximum atomic E-state index is 13.0. The molecular weight excluding hydrogens is 856 g/mol. The Bertz CT molecular complexity index is 1670. The van der Waals surface area contributed by atoms with Gasteiger partial charge in [0.2, 0.25) is 6.79 Å². The summed E-state index contributed by atoms with van der Waals surface area (Å²) in [6.07, 6.45) is 14.3. The van der Waals surface area contributed by atoms with E-state index in [1.807, 2.05) is 30.3 Å². The Kier molecular flexibility index (Phi) is 20.4. The summed E-state index contributed by atoms with van der Waals surface area (Å²) in [7, 11) is 0. The van der Waals surface area contributed by atoms with Crippen molar-refractivity contribution in [1.29, 1.82) is 0 Å². The number of phenols is 1. The lowest BCUT2D eigenvalue weighted by Gasteiger charge is -2.53. The largest absolute Gasteiger partial charge is 0.616 e. The molecule has 2 N–H and O–H groups in total. The first-order valence-corrected chi connectivity index (χ1v) is 27.0. The number of hydrogen-bond donors (Lipinski definition) is 2. The topological polar surface area (TPSA) is 105 Å². The number of phenolic OH excluding ortho intramolecular Hbond substituents is 1. The Morgan fingerprint density at radius 1 is 0.794 bits per heavy atom. The first kappa shape index (κ1) is 52.0. The molecule has 0 saturated heterocycles. The van der Waals surface area contributed by atoms with Crippen molar-refractivity contribution in [3.8, 4) is 17.2 Å². The fraction of sp³-hybridized carbons (Fsp3) is 0.760. The van der Waals surface area contributed by atoms with Crippen molar-refractivity contribution in [2.45, 2.75) is 191 Å². The highest BCUT2D eigenvalue weighted by Gasteiger charge is 2.57. The predicted octanol–water partition coefficient (Wildman–Crippen LogP) is 13.1. The van der Waals surface area contributed by atoms with Crippen molar-refractivity contribution in [1.82, 2.24) is 0 Å². The molecule has 0 aromatic heterocycles. The van der Waals surface area contributed by atoms with E-state index in [1.54, 1.807) is 0 Å². The molecule has 2 fully saturated rings. The van der Waals surface area contributed by atoms with Crippen LogP contribution >= 0.6 is 0 Å². The zero-order valence-corrected chi connectivity index (χ0v) is 39.7. The minimum absolute atomic E-state index is 0.0195. The molecular formula is C50H75F5O6S2. The van der Waals surface area contributed by atoms with E-state index in [0.717, 1.165) is 107 Å². The van der Waals surface area contributed by atoms with Crippen LogP contribution in [0, 0.1) is 23.2 Å². The van der Waals surface area contributed by atoms with Crippen LogP contribution in [0.25, 0.3) is 0 Å². The monoisotopic (exact) mass is 930 g/mol. The van der Waals surface area contributed by atoms with Crippen molar-refractivity contribution in [2.24, 2.45) is 23.2 Å². The van der Waals surface area contributed by atoms with Gasteiger partial charge in [-0.25, -0.2) is 0 Å². The highest BCUT2D eigenvalue weighted by atomic mass is 32.2. The lowest BCUT2D eigenvalue weighted by Crippen LogP contribution is -2.47. The number of rotatable bonds is 24. The van der Waals surface area contributed by atoms with Crippen LogP contribution < -0.4 is 9.47 Å². The van der Waals surface area contributed by atoms with Gasteiger partial charge in [0, 0.05) is 12.8 Å². The van der Waals surface area contributed by atoms with Gasteiger partial charge in [0.15, 0.2) is 11.5 Å². The first-order valence-electron chi connectivity index (χ1n) is 24.1. The lowest BCUT2D eigenvalue weighted by molar-refractivity contribution is -0.284. The summed E-state index contributed by atoms with van der Waals surface area (Å²) < 4.78 is 97.5. The molecule has 4 aliphatic rings. The fourth-order valence-corrected chi connectivity index (χ4v) is 13.5. The van der Waals surface area contributed by atoms with Crippen LogP contribution in [0.15, 0.2) is 36.4 Å². The molecule has 358 valence electrons. The van der Waals surface area contributed by atoms with E-state index in [9.17, 15) is 41.3 Å². The Hall–Kier alpha value is -1.93. The first-order chi connectivity index (χ1) is 30.0. The Morgan fingerprint density at radius 3 is 2.16 bits per heavy atom. The molecule has 0 bridgehead atoms. The summed E-state index contributed by atoms with van der Waals surface area (Å²) >= 11 is -2.10. The molecule has 2 aromatic rings. The SMILES string of the molecule is CCCCCCCC[S+]([O-])C(C)Cc1ccc2c(c1)OCO2.C[C@]12CC[C@@H]3c4ccc(O)cc4C[C@@H](CCCCCCCCC[S+]([O-])CCCC(F)(F)C(F)(F)F)[C@H]3[C@@H]1CC[C@@H]2O. The molecule has 1 heterocycles. The van der Waals surface area contributed by atoms with Gasteiger partial charge in [0.05, 0.1) is 6.10 Å². The number of ether oxygens (including phenoxy) is 2. The highest BCUT2D eigenvalue weighted by Crippen LogP contribution is 2.62. The Labute approximate surface area is 380 Å². The smallest absolute Gasteiger partial charge is 0.453 e. The average molecular weight is 931 g/mol. The molecule has 0 amide bonds. The van der Waals surface area contributed by atoms with Crippen LogP contribution in [0.4, 0.5) is 22.0 Å². The molecule has 2 aromatic carbocycles. The summed E-state index contributed by atoms with van der Waals surface area (Å²) in [5, 5.41) is 21.2. The summed E-state index contributed by atoms with van der Waals surface area (Å²) in [5.74, 6) is 0.538. The van der Waals surface area contributed by atoms with Crippen LogP contribution in [0.3, 0.4) is 0 Å². The maximum Gasteiger partial charge on any atom is 0.453 e. The van der Waals surface area contributed by atoms with Crippen LogP contribution in [0.5, 0.6) is 17.2 Å². The van der Waals surface area contributed by atoms with E-state index in [2.05, 4.69) is 26.8 Å². The minimum Gasteiger partial charge on any atom is -0.616 e. The summed E-state index contributed by atoms with van der Waals surface area (Å²) in [6.45, 7) is 6.92. The third-order valence-corrected chi connectivity index (χ3v) is 17.9. The normalized spacial score (nSPS) is 25.3. The number of aliphatic hydroxyl groups is 1. The summed E-state index contributed by atoms with van der Waals surface area (Å²) in [4.78, 5) is 0. The van der Waals surface area contributed by atoms with E-state index in [0.29, 0.717) is 48.4 Å². The number of hydrogen-bond acceptors (Lipinski definition) is 6. The molecule has 9 atom stereocenters. The van der Waals surface area contributed by atoms with Gasteiger partial charge >= 0.3 is 12.1 Å². The number of aliphatic hydroxyl groups excluding tert-OH is 1. The zero-order chi connectivity index (χ0) is 45.6. The van der Waals surface area contributed by atoms with Crippen molar-refractivity contribution >= 4 is 22.4 Å². The third kappa shape index (κ3) is 14.8. The van der Waals surface area contributed by atoms with Gasteiger partial charge in [-0.2, -0.15) is 22.0 Å². The Balaban J connectivity index is 0.000000286. The lowest BCUT2D eigenvalue weighted by atomic mass is 9.52. The van der Waals surface area contributed by atoms with Gasteiger partial charge < -0.3 is 28.8 Å². The van der Waals surface area contributed by atoms with Crippen molar-refractivity contribution < 1.29 is 50.7 Å². The zero-order valence-electron chi connectivity index (χ0n) is 38.0. The molecule has 2 saturated carbocycles. The van der Waals surface area contributed by atoms with Gasteiger partial charge in [-0.15, -0.1) is 0 Å².